The highest BCUT2D eigenvalue weighted by Gasteiger charge is 2.10. The molecule has 4 N–H and O–H groups in total. The van der Waals surface area contributed by atoms with Gasteiger partial charge in [0.05, 0.1) is 11.4 Å². The van der Waals surface area contributed by atoms with Crippen molar-refractivity contribution in [2.45, 2.75) is 6.42 Å². The molecule has 0 spiro atoms. The number of hydrogen-bond acceptors (Lipinski definition) is 5. The van der Waals surface area contributed by atoms with Gasteiger partial charge in [-0.05, 0) is 18.6 Å². The SMILES string of the molecule is NS(=O)(=O)CCCNc1cccnc1C(=O)O. The third-order valence-electron chi connectivity index (χ3n) is 1.93. The van der Waals surface area contributed by atoms with E-state index in [1.807, 2.05) is 0 Å². The lowest BCUT2D eigenvalue weighted by Crippen LogP contribution is -2.19. The summed E-state index contributed by atoms with van der Waals surface area (Å²) in [6.07, 6.45) is 1.67. The Hall–Kier alpha value is -1.67. The van der Waals surface area contributed by atoms with Crippen molar-refractivity contribution in [1.82, 2.24) is 4.98 Å². The van der Waals surface area contributed by atoms with Crippen molar-refractivity contribution >= 4 is 21.7 Å². The van der Waals surface area contributed by atoms with Crippen LogP contribution in [0.5, 0.6) is 0 Å². The number of pyridine rings is 1. The minimum absolute atomic E-state index is 0.0943. The van der Waals surface area contributed by atoms with Crippen molar-refractivity contribution in [3.05, 3.63) is 24.0 Å². The van der Waals surface area contributed by atoms with Gasteiger partial charge in [-0.2, -0.15) is 0 Å². The second-order valence-electron chi connectivity index (χ2n) is 3.35. The van der Waals surface area contributed by atoms with E-state index in [4.69, 9.17) is 10.2 Å². The molecule has 7 nitrogen and oxygen atoms in total. The van der Waals surface area contributed by atoms with Crippen molar-refractivity contribution in [3.63, 3.8) is 0 Å². The average molecular weight is 259 g/mol. The van der Waals surface area contributed by atoms with Crippen LogP contribution in [0.1, 0.15) is 16.9 Å². The van der Waals surface area contributed by atoms with Crippen LogP contribution in [0, 0.1) is 0 Å². The van der Waals surface area contributed by atoms with Crippen LogP contribution >= 0.6 is 0 Å². The molecule has 0 unspecified atom stereocenters. The molecule has 0 aliphatic rings. The number of carbonyl (C=O) groups is 1. The van der Waals surface area contributed by atoms with E-state index in [0.717, 1.165) is 0 Å². The number of nitrogens with one attached hydrogen (secondary N) is 1. The molecule has 1 heterocycles. The zero-order chi connectivity index (χ0) is 12.9. The third-order valence-corrected chi connectivity index (χ3v) is 2.79. The van der Waals surface area contributed by atoms with Crippen molar-refractivity contribution in [3.8, 4) is 0 Å². The first-order chi connectivity index (χ1) is 7.90. The first kappa shape index (κ1) is 13.4. The Morgan fingerprint density at radius 2 is 2.24 bits per heavy atom. The summed E-state index contributed by atoms with van der Waals surface area (Å²) in [5, 5.41) is 16.5. The van der Waals surface area contributed by atoms with Gasteiger partial charge in [-0.25, -0.2) is 23.3 Å². The maximum absolute atomic E-state index is 10.8. The molecule has 0 aromatic carbocycles. The fourth-order valence-corrected chi connectivity index (χ4v) is 1.76. The lowest BCUT2D eigenvalue weighted by molar-refractivity contribution is 0.0691. The molecule has 0 saturated heterocycles. The fraction of sp³-hybridized carbons (Fsp3) is 0.333. The summed E-state index contributed by atoms with van der Waals surface area (Å²) in [6, 6.07) is 3.15. The van der Waals surface area contributed by atoms with Crippen LogP contribution in [0.3, 0.4) is 0 Å². The normalized spacial score (nSPS) is 11.1. The van der Waals surface area contributed by atoms with Crippen LogP contribution in [0.2, 0.25) is 0 Å². The minimum atomic E-state index is -3.48. The molecule has 0 amide bonds. The second kappa shape index (κ2) is 5.60. The van der Waals surface area contributed by atoms with Gasteiger partial charge in [0, 0.05) is 12.7 Å². The van der Waals surface area contributed by atoms with E-state index >= 15 is 0 Å². The van der Waals surface area contributed by atoms with Gasteiger partial charge in [-0.1, -0.05) is 0 Å². The van der Waals surface area contributed by atoms with Gasteiger partial charge in [0.1, 0.15) is 0 Å². The molecule has 8 heteroatoms. The number of aromatic nitrogens is 1. The van der Waals surface area contributed by atoms with E-state index in [-0.39, 0.29) is 11.4 Å². The molecular formula is C9H13N3O4S. The molecule has 17 heavy (non-hydrogen) atoms. The lowest BCUT2D eigenvalue weighted by Gasteiger charge is -2.07. The van der Waals surface area contributed by atoms with Crippen LogP contribution < -0.4 is 10.5 Å². The van der Waals surface area contributed by atoms with Crippen molar-refractivity contribution in [1.29, 1.82) is 0 Å². The Morgan fingerprint density at radius 1 is 1.53 bits per heavy atom. The highest BCUT2D eigenvalue weighted by atomic mass is 32.2. The van der Waals surface area contributed by atoms with Gasteiger partial charge in [-0.15, -0.1) is 0 Å². The monoisotopic (exact) mass is 259 g/mol. The van der Waals surface area contributed by atoms with Crippen molar-refractivity contribution in [2.24, 2.45) is 5.14 Å². The summed E-state index contributed by atoms with van der Waals surface area (Å²) in [5.41, 5.74) is 0.262. The molecule has 0 aliphatic carbocycles. The summed E-state index contributed by atoms with van der Waals surface area (Å²) in [5.74, 6) is -1.29. The number of rotatable bonds is 6. The van der Waals surface area contributed by atoms with E-state index in [0.29, 0.717) is 18.7 Å². The van der Waals surface area contributed by atoms with Gasteiger partial charge in [0.25, 0.3) is 0 Å². The Bertz CT molecular complexity index is 501. The van der Waals surface area contributed by atoms with Gasteiger partial charge in [0.2, 0.25) is 10.0 Å². The minimum Gasteiger partial charge on any atom is -0.476 e. The number of hydrogen-bond donors (Lipinski definition) is 3. The highest BCUT2D eigenvalue weighted by Crippen LogP contribution is 2.11. The number of aromatic carboxylic acids is 1. The number of carboxylic acid groups (broad SMARTS) is 1. The molecule has 0 radical (unpaired) electrons. The number of carboxylic acids is 1. The van der Waals surface area contributed by atoms with Crippen LogP contribution in [0.4, 0.5) is 5.69 Å². The van der Waals surface area contributed by atoms with Crippen molar-refractivity contribution < 1.29 is 18.3 Å². The topological polar surface area (TPSA) is 122 Å². The fourth-order valence-electron chi connectivity index (χ4n) is 1.21. The Labute approximate surface area is 98.7 Å². The maximum Gasteiger partial charge on any atom is 0.356 e. The zero-order valence-corrected chi connectivity index (χ0v) is 9.77. The Balaban J connectivity index is 2.55. The van der Waals surface area contributed by atoms with E-state index in [1.165, 1.54) is 6.20 Å². The number of sulfonamides is 1. The van der Waals surface area contributed by atoms with E-state index in [2.05, 4.69) is 10.3 Å². The molecule has 0 atom stereocenters. The summed E-state index contributed by atoms with van der Waals surface area (Å²) in [7, 11) is -3.48. The molecule has 0 fully saturated rings. The van der Waals surface area contributed by atoms with Crippen LogP contribution in [-0.4, -0.2) is 36.8 Å². The highest BCUT2D eigenvalue weighted by molar-refractivity contribution is 7.89. The summed E-state index contributed by atoms with van der Waals surface area (Å²) in [4.78, 5) is 14.5. The number of primary sulfonamides is 1. The first-order valence-electron chi connectivity index (χ1n) is 4.83. The summed E-state index contributed by atoms with van der Waals surface area (Å²) in [6.45, 7) is 0.308. The predicted octanol–water partition coefficient (Wildman–Crippen LogP) is -0.130. The van der Waals surface area contributed by atoms with Crippen LogP contribution in [-0.2, 0) is 10.0 Å². The average Bonchev–Trinajstić information content (AvgIpc) is 2.23. The Kier molecular flexibility index (Phi) is 4.41. The van der Waals surface area contributed by atoms with Gasteiger partial charge in [-0.3, -0.25) is 0 Å². The lowest BCUT2D eigenvalue weighted by atomic mass is 10.3. The second-order valence-corrected chi connectivity index (χ2v) is 5.09. The van der Waals surface area contributed by atoms with Crippen LogP contribution in [0.25, 0.3) is 0 Å². The summed E-state index contributed by atoms with van der Waals surface area (Å²) < 4.78 is 21.3. The summed E-state index contributed by atoms with van der Waals surface area (Å²) >= 11 is 0. The number of nitrogens with two attached hydrogens (primary N) is 1. The smallest absolute Gasteiger partial charge is 0.356 e. The van der Waals surface area contributed by atoms with Crippen LogP contribution in [0.15, 0.2) is 18.3 Å². The van der Waals surface area contributed by atoms with E-state index in [1.54, 1.807) is 12.1 Å². The van der Waals surface area contributed by atoms with Gasteiger partial charge >= 0.3 is 5.97 Å². The van der Waals surface area contributed by atoms with E-state index < -0.39 is 16.0 Å². The number of nitrogens with zero attached hydrogens (tertiary/aromatic N) is 1. The standard InChI is InChI=1S/C9H13N3O4S/c10-17(15,16)6-2-5-11-7-3-1-4-12-8(7)9(13)14/h1,3-4,11H,2,5-6H2,(H,13,14)(H2,10,15,16). The molecule has 94 valence electrons. The molecule has 0 saturated carbocycles. The van der Waals surface area contributed by atoms with Crippen molar-refractivity contribution in [2.75, 3.05) is 17.6 Å². The quantitative estimate of drug-likeness (QED) is 0.612. The van der Waals surface area contributed by atoms with Gasteiger partial charge in [0.15, 0.2) is 5.69 Å². The Morgan fingerprint density at radius 3 is 2.82 bits per heavy atom. The number of anilines is 1. The zero-order valence-electron chi connectivity index (χ0n) is 8.96. The molecule has 1 aromatic heterocycles. The molecule has 1 aromatic rings. The predicted molar refractivity (Wildman–Crippen MR) is 62.3 cm³/mol. The molecule has 0 bridgehead atoms. The van der Waals surface area contributed by atoms with E-state index in [9.17, 15) is 13.2 Å². The molecule has 0 aliphatic heterocycles. The largest absolute Gasteiger partial charge is 0.476 e. The molecular weight excluding hydrogens is 246 g/mol. The third kappa shape index (κ3) is 4.79. The maximum atomic E-state index is 10.8. The first-order valence-corrected chi connectivity index (χ1v) is 6.54. The molecule has 1 rings (SSSR count). The van der Waals surface area contributed by atoms with Gasteiger partial charge < -0.3 is 10.4 Å².